The maximum Gasteiger partial charge on any atom is 0.0355 e. The lowest BCUT2D eigenvalue weighted by molar-refractivity contribution is 0.143. The van der Waals surface area contributed by atoms with Crippen LogP contribution in [0.5, 0.6) is 0 Å². The molecular weight excluding hydrogens is 246 g/mol. The fourth-order valence-electron chi connectivity index (χ4n) is 3.54. The highest BCUT2D eigenvalue weighted by Gasteiger charge is 2.25. The Morgan fingerprint density at radius 2 is 1.80 bits per heavy atom. The monoisotopic (exact) mass is 275 g/mol. The number of hydrogen-bond donors (Lipinski definition) is 2. The van der Waals surface area contributed by atoms with Crippen LogP contribution in [0.4, 0.5) is 0 Å². The fraction of sp³-hybridized carbons (Fsp3) is 0.647. The molecule has 0 aliphatic carbocycles. The van der Waals surface area contributed by atoms with Crippen molar-refractivity contribution < 1.29 is 0 Å². The van der Waals surface area contributed by atoms with Crippen LogP contribution in [0.3, 0.4) is 0 Å². The van der Waals surface area contributed by atoms with Crippen molar-refractivity contribution in [3.8, 4) is 0 Å². The molecule has 0 amide bonds. The molecule has 0 bridgehead atoms. The number of rotatable bonds is 5. The number of piperazine rings is 1. The molecule has 0 unspecified atom stereocenters. The molecule has 2 N–H and O–H groups in total. The first-order valence-electron chi connectivity index (χ1n) is 7.80. The van der Waals surface area contributed by atoms with E-state index in [1.165, 1.54) is 5.56 Å². The number of hydrogen-bond acceptors (Lipinski definition) is 3. The molecule has 1 aromatic carbocycles. The highest BCUT2D eigenvalue weighted by atomic mass is 15.2. The summed E-state index contributed by atoms with van der Waals surface area (Å²) in [5.41, 5.74) is 1.39. The third kappa shape index (κ3) is 4.05. The van der Waals surface area contributed by atoms with Gasteiger partial charge >= 0.3 is 0 Å². The van der Waals surface area contributed by atoms with Crippen LogP contribution < -0.4 is 10.6 Å². The summed E-state index contributed by atoms with van der Waals surface area (Å²) >= 11 is 0. The van der Waals surface area contributed by atoms with Crippen molar-refractivity contribution in [1.29, 1.82) is 0 Å². The minimum atomic E-state index is 0.427. The summed E-state index contributed by atoms with van der Waals surface area (Å²) < 4.78 is 0. The number of nitrogens with one attached hydrogen (secondary N) is 2. The van der Waals surface area contributed by atoms with Crippen LogP contribution in [0.2, 0.25) is 0 Å². The Morgan fingerprint density at radius 3 is 2.35 bits per heavy atom. The summed E-state index contributed by atoms with van der Waals surface area (Å²) in [4.78, 5) is 2.60. The summed E-state index contributed by atoms with van der Waals surface area (Å²) in [6, 6.07) is 12.4. The summed E-state index contributed by atoms with van der Waals surface area (Å²) in [7, 11) is 2.07. The highest BCUT2D eigenvalue weighted by molar-refractivity contribution is 5.19. The van der Waals surface area contributed by atoms with Crippen molar-refractivity contribution in [3.63, 3.8) is 0 Å². The Labute approximate surface area is 123 Å². The molecule has 1 aliphatic heterocycles. The van der Waals surface area contributed by atoms with Crippen molar-refractivity contribution in [2.75, 3.05) is 26.7 Å². The lowest BCUT2D eigenvalue weighted by Gasteiger charge is -2.38. The van der Waals surface area contributed by atoms with Gasteiger partial charge in [0.05, 0.1) is 0 Å². The summed E-state index contributed by atoms with van der Waals surface area (Å²) in [6.45, 7) is 10.4. The first-order valence-corrected chi connectivity index (χ1v) is 7.80. The third-order valence-electron chi connectivity index (χ3n) is 4.22. The molecule has 0 aromatic heterocycles. The Bertz CT molecular complexity index is 382. The Hall–Kier alpha value is -0.900. The molecule has 1 saturated heterocycles. The lowest BCUT2D eigenvalue weighted by Crippen LogP contribution is -2.55. The van der Waals surface area contributed by atoms with Crippen molar-refractivity contribution >= 4 is 0 Å². The predicted octanol–water partition coefficient (Wildman–Crippen LogP) is 2.27. The van der Waals surface area contributed by atoms with Gasteiger partial charge in [-0.25, -0.2) is 0 Å². The smallest absolute Gasteiger partial charge is 0.0355 e. The molecule has 2 rings (SSSR count). The van der Waals surface area contributed by atoms with E-state index in [2.05, 4.69) is 73.7 Å². The zero-order valence-corrected chi connectivity index (χ0v) is 13.3. The first kappa shape index (κ1) is 15.5. The lowest BCUT2D eigenvalue weighted by atomic mass is 9.93. The van der Waals surface area contributed by atoms with Gasteiger partial charge in [-0.1, -0.05) is 37.3 Å². The van der Waals surface area contributed by atoms with E-state index in [-0.39, 0.29) is 0 Å². The van der Waals surface area contributed by atoms with E-state index in [9.17, 15) is 0 Å². The molecule has 0 saturated carbocycles. The third-order valence-corrected chi connectivity index (χ3v) is 4.22. The van der Waals surface area contributed by atoms with E-state index >= 15 is 0 Å². The summed E-state index contributed by atoms with van der Waals surface area (Å²) in [5, 5.41) is 7.09. The van der Waals surface area contributed by atoms with Gasteiger partial charge in [0.1, 0.15) is 0 Å². The maximum atomic E-state index is 3.60. The van der Waals surface area contributed by atoms with Gasteiger partial charge in [-0.3, -0.25) is 4.90 Å². The maximum absolute atomic E-state index is 3.60. The van der Waals surface area contributed by atoms with E-state index in [4.69, 9.17) is 0 Å². The van der Waals surface area contributed by atoms with Crippen LogP contribution in [0.25, 0.3) is 0 Å². The normalized spacial score (nSPS) is 27.2. The van der Waals surface area contributed by atoms with Crippen LogP contribution in [0, 0.1) is 5.92 Å². The van der Waals surface area contributed by atoms with Crippen LogP contribution in [-0.2, 0) is 0 Å². The zero-order chi connectivity index (χ0) is 14.5. The number of benzene rings is 1. The SMILES string of the molecule is CN[C@@H](c1ccccc1)[C@@H](C)CN1C[C@@H](C)N[C@@H](C)C1. The van der Waals surface area contributed by atoms with Gasteiger partial charge in [-0.15, -0.1) is 0 Å². The average Bonchev–Trinajstić information content (AvgIpc) is 2.39. The summed E-state index contributed by atoms with van der Waals surface area (Å²) in [6.07, 6.45) is 0. The van der Waals surface area contributed by atoms with Crippen LogP contribution >= 0.6 is 0 Å². The summed E-state index contributed by atoms with van der Waals surface area (Å²) in [5.74, 6) is 0.597. The van der Waals surface area contributed by atoms with Gasteiger partial charge in [0, 0.05) is 37.8 Å². The molecule has 112 valence electrons. The van der Waals surface area contributed by atoms with Gasteiger partial charge in [0.25, 0.3) is 0 Å². The number of nitrogens with zero attached hydrogens (tertiary/aromatic N) is 1. The van der Waals surface area contributed by atoms with Gasteiger partial charge in [0.2, 0.25) is 0 Å². The van der Waals surface area contributed by atoms with Crippen LogP contribution in [0.1, 0.15) is 32.4 Å². The van der Waals surface area contributed by atoms with Gasteiger partial charge in [0.15, 0.2) is 0 Å². The second-order valence-corrected chi connectivity index (χ2v) is 6.34. The average molecular weight is 275 g/mol. The molecule has 3 heteroatoms. The van der Waals surface area contributed by atoms with E-state index < -0.39 is 0 Å². The largest absolute Gasteiger partial charge is 0.313 e. The molecule has 1 heterocycles. The Morgan fingerprint density at radius 1 is 1.20 bits per heavy atom. The molecule has 1 aliphatic rings. The molecular formula is C17H29N3. The van der Waals surface area contributed by atoms with Gasteiger partial charge in [-0.2, -0.15) is 0 Å². The first-order chi connectivity index (χ1) is 9.60. The molecule has 0 spiro atoms. The zero-order valence-electron chi connectivity index (χ0n) is 13.3. The van der Waals surface area contributed by atoms with Crippen molar-refractivity contribution in [3.05, 3.63) is 35.9 Å². The minimum Gasteiger partial charge on any atom is -0.313 e. The molecule has 3 nitrogen and oxygen atoms in total. The van der Waals surface area contributed by atoms with Crippen molar-refractivity contribution in [1.82, 2.24) is 15.5 Å². The second kappa shape index (κ2) is 7.21. The van der Waals surface area contributed by atoms with E-state index in [0.717, 1.165) is 19.6 Å². The Balaban J connectivity index is 1.97. The van der Waals surface area contributed by atoms with Crippen LogP contribution in [-0.4, -0.2) is 43.7 Å². The predicted molar refractivity (Wildman–Crippen MR) is 85.9 cm³/mol. The molecule has 0 radical (unpaired) electrons. The minimum absolute atomic E-state index is 0.427. The standard InChI is InChI=1S/C17H29N3/c1-13(10-20-11-14(2)19-15(3)12-20)17(18-4)16-8-6-5-7-9-16/h5-9,13-15,17-19H,10-12H2,1-4H3/t13-,14-,15+,17+/m0/s1. The second-order valence-electron chi connectivity index (χ2n) is 6.34. The van der Waals surface area contributed by atoms with Gasteiger partial charge < -0.3 is 10.6 Å². The molecule has 4 atom stereocenters. The van der Waals surface area contributed by atoms with Crippen molar-refractivity contribution in [2.24, 2.45) is 5.92 Å². The molecule has 1 fully saturated rings. The van der Waals surface area contributed by atoms with Gasteiger partial charge in [-0.05, 0) is 32.4 Å². The quantitative estimate of drug-likeness (QED) is 0.863. The topological polar surface area (TPSA) is 27.3 Å². The van der Waals surface area contributed by atoms with Crippen molar-refractivity contribution in [2.45, 2.75) is 38.9 Å². The Kier molecular flexibility index (Phi) is 5.58. The fourth-order valence-corrected chi connectivity index (χ4v) is 3.54. The van der Waals surface area contributed by atoms with E-state index in [1.807, 2.05) is 0 Å². The molecule has 20 heavy (non-hydrogen) atoms. The molecule has 1 aromatic rings. The van der Waals surface area contributed by atoms with Crippen LogP contribution in [0.15, 0.2) is 30.3 Å². The highest BCUT2D eigenvalue weighted by Crippen LogP contribution is 2.23. The van der Waals surface area contributed by atoms with E-state index in [1.54, 1.807) is 0 Å². The van der Waals surface area contributed by atoms with E-state index in [0.29, 0.717) is 24.0 Å².